The Morgan fingerprint density at radius 2 is 1.90 bits per heavy atom. The summed E-state index contributed by atoms with van der Waals surface area (Å²) in [5.74, 6) is -0.616. The molecule has 1 unspecified atom stereocenters. The second kappa shape index (κ2) is 5.47. The zero-order valence-electron chi connectivity index (χ0n) is 10.7. The zero-order chi connectivity index (χ0) is 15.8. The van der Waals surface area contributed by atoms with Gasteiger partial charge in [-0.25, -0.2) is 0 Å². The van der Waals surface area contributed by atoms with Crippen molar-refractivity contribution in [3.8, 4) is 0 Å². The van der Waals surface area contributed by atoms with Crippen LogP contribution >= 0.6 is 23.2 Å². The first kappa shape index (κ1) is 16.1. The van der Waals surface area contributed by atoms with E-state index in [1.54, 1.807) is 18.2 Å². The molecule has 0 aliphatic carbocycles. The van der Waals surface area contributed by atoms with Gasteiger partial charge in [0.2, 0.25) is 0 Å². The minimum Gasteiger partial charge on any atom is -0.337 e. The van der Waals surface area contributed by atoms with Gasteiger partial charge >= 0.3 is 6.18 Å². The molecular weight excluding hydrogens is 330 g/mol. The standard InChI is InChI=1S/C12H10Cl2F3N3O/c1-11(18,12(15,16)17)10-19-9(20-21-10)5-6-2-3-7(13)8(14)4-6/h2-4H,5,18H2,1H3. The molecule has 4 nitrogen and oxygen atoms in total. The van der Waals surface area contributed by atoms with Gasteiger partial charge in [-0.05, 0) is 24.6 Å². The van der Waals surface area contributed by atoms with Gasteiger partial charge in [-0.3, -0.25) is 0 Å². The second-order valence-corrected chi connectivity index (χ2v) is 5.46. The summed E-state index contributed by atoms with van der Waals surface area (Å²) in [6.07, 6.45) is -4.55. The molecule has 2 N–H and O–H groups in total. The van der Waals surface area contributed by atoms with Crippen LogP contribution in [0.5, 0.6) is 0 Å². The summed E-state index contributed by atoms with van der Waals surface area (Å²) < 4.78 is 42.9. The van der Waals surface area contributed by atoms with Crippen LogP contribution in [-0.2, 0) is 12.0 Å². The van der Waals surface area contributed by atoms with Crippen molar-refractivity contribution < 1.29 is 17.7 Å². The lowest BCUT2D eigenvalue weighted by Gasteiger charge is -2.22. The predicted molar refractivity (Wildman–Crippen MR) is 71.2 cm³/mol. The molecule has 0 saturated carbocycles. The Labute approximate surface area is 128 Å². The average Bonchev–Trinajstić information content (AvgIpc) is 2.81. The molecule has 0 radical (unpaired) electrons. The molecule has 1 heterocycles. The number of hydrogen-bond acceptors (Lipinski definition) is 4. The number of alkyl halides is 3. The van der Waals surface area contributed by atoms with E-state index in [9.17, 15) is 13.2 Å². The lowest BCUT2D eigenvalue weighted by Crippen LogP contribution is -2.48. The Morgan fingerprint density at radius 3 is 2.48 bits per heavy atom. The van der Waals surface area contributed by atoms with Gasteiger partial charge < -0.3 is 10.3 Å². The van der Waals surface area contributed by atoms with E-state index in [1.807, 2.05) is 0 Å². The summed E-state index contributed by atoms with van der Waals surface area (Å²) in [6.45, 7) is 0.767. The molecule has 0 aliphatic heterocycles. The Bertz CT molecular complexity index is 655. The summed E-state index contributed by atoms with van der Waals surface area (Å²) in [5.41, 5.74) is 3.19. The Morgan fingerprint density at radius 1 is 1.24 bits per heavy atom. The van der Waals surface area contributed by atoms with Crippen molar-refractivity contribution in [2.45, 2.75) is 25.1 Å². The number of rotatable bonds is 3. The number of aromatic nitrogens is 2. The van der Waals surface area contributed by atoms with Gasteiger partial charge in [-0.2, -0.15) is 18.2 Å². The summed E-state index contributed by atoms with van der Waals surface area (Å²) in [6, 6.07) is 4.81. The number of nitrogens with zero attached hydrogens (tertiary/aromatic N) is 2. The third-order valence-electron chi connectivity index (χ3n) is 2.85. The van der Waals surface area contributed by atoms with Gasteiger partial charge in [0.1, 0.15) is 0 Å². The Hall–Kier alpha value is -1.31. The van der Waals surface area contributed by atoms with Crippen molar-refractivity contribution in [3.63, 3.8) is 0 Å². The molecule has 0 bridgehead atoms. The molecular formula is C12H10Cl2F3N3O. The first-order chi connectivity index (χ1) is 9.61. The van der Waals surface area contributed by atoms with E-state index in [-0.39, 0.29) is 12.2 Å². The zero-order valence-corrected chi connectivity index (χ0v) is 12.2. The SMILES string of the molecule is CC(N)(c1nc(Cc2ccc(Cl)c(Cl)c2)no1)C(F)(F)F. The number of hydrogen-bond donors (Lipinski definition) is 1. The van der Waals surface area contributed by atoms with Crippen LogP contribution in [0.1, 0.15) is 24.2 Å². The van der Waals surface area contributed by atoms with E-state index in [4.69, 9.17) is 28.9 Å². The van der Waals surface area contributed by atoms with E-state index < -0.39 is 17.6 Å². The summed E-state index contributed by atoms with van der Waals surface area (Å²) in [5, 5.41) is 4.21. The van der Waals surface area contributed by atoms with Crippen molar-refractivity contribution in [1.82, 2.24) is 10.1 Å². The summed E-state index contributed by atoms with van der Waals surface area (Å²) in [4.78, 5) is 3.70. The molecule has 1 aromatic heterocycles. The first-order valence-corrected chi connectivity index (χ1v) is 6.49. The van der Waals surface area contributed by atoms with Crippen molar-refractivity contribution in [2.24, 2.45) is 5.73 Å². The molecule has 2 aromatic rings. The Kier molecular flexibility index (Phi) is 4.19. The maximum Gasteiger partial charge on any atom is 0.415 e. The van der Waals surface area contributed by atoms with Crippen LogP contribution in [-0.4, -0.2) is 16.3 Å². The van der Waals surface area contributed by atoms with Crippen LogP contribution in [0, 0.1) is 0 Å². The lowest BCUT2D eigenvalue weighted by molar-refractivity contribution is -0.190. The fourth-order valence-electron chi connectivity index (χ4n) is 1.49. The quantitative estimate of drug-likeness (QED) is 0.925. The highest BCUT2D eigenvalue weighted by molar-refractivity contribution is 6.42. The molecule has 0 amide bonds. The molecule has 0 saturated heterocycles. The van der Waals surface area contributed by atoms with E-state index in [1.165, 1.54) is 0 Å². The van der Waals surface area contributed by atoms with Crippen LogP contribution in [0.25, 0.3) is 0 Å². The minimum absolute atomic E-state index is 0.0734. The van der Waals surface area contributed by atoms with Crippen LogP contribution in [0.3, 0.4) is 0 Å². The maximum absolute atomic E-state index is 12.8. The van der Waals surface area contributed by atoms with Gasteiger partial charge in [0.15, 0.2) is 11.4 Å². The monoisotopic (exact) mass is 339 g/mol. The largest absolute Gasteiger partial charge is 0.415 e. The van der Waals surface area contributed by atoms with E-state index in [0.29, 0.717) is 15.6 Å². The lowest BCUT2D eigenvalue weighted by atomic mass is 10.0. The normalized spacial score (nSPS) is 15.0. The fourth-order valence-corrected chi connectivity index (χ4v) is 1.81. The van der Waals surface area contributed by atoms with Crippen molar-refractivity contribution in [2.75, 3.05) is 0 Å². The van der Waals surface area contributed by atoms with Gasteiger partial charge in [-0.15, -0.1) is 0 Å². The molecule has 21 heavy (non-hydrogen) atoms. The van der Waals surface area contributed by atoms with Crippen LogP contribution in [0.4, 0.5) is 13.2 Å². The smallest absolute Gasteiger partial charge is 0.337 e. The molecule has 114 valence electrons. The summed E-state index contributed by atoms with van der Waals surface area (Å²) in [7, 11) is 0. The number of benzene rings is 1. The minimum atomic E-state index is -4.69. The predicted octanol–water partition coefficient (Wildman–Crippen LogP) is 3.70. The molecule has 2 rings (SSSR count). The molecule has 0 aliphatic rings. The van der Waals surface area contributed by atoms with Crippen molar-refractivity contribution in [3.05, 3.63) is 45.5 Å². The van der Waals surface area contributed by atoms with Crippen molar-refractivity contribution in [1.29, 1.82) is 0 Å². The molecule has 9 heteroatoms. The third kappa shape index (κ3) is 3.30. The molecule has 1 atom stereocenters. The maximum atomic E-state index is 12.8. The molecule has 0 spiro atoms. The van der Waals surface area contributed by atoms with Gasteiger partial charge in [0.05, 0.1) is 10.0 Å². The average molecular weight is 340 g/mol. The van der Waals surface area contributed by atoms with E-state index >= 15 is 0 Å². The van der Waals surface area contributed by atoms with Crippen LogP contribution in [0.2, 0.25) is 10.0 Å². The van der Waals surface area contributed by atoms with Crippen LogP contribution < -0.4 is 5.73 Å². The van der Waals surface area contributed by atoms with Gasteiger partial charge in [0, 0.05) is 6.42 Å². The molecule has 0 fully saturated rings. The summed E-state index contributed by atoms with van der Waals surface area (Å²) >= 11 is 11.6. The highest BCUT2D eigenvalue weighted by Gasteiger charge is 2.53. The highest BCUT2D eigenvalue weighted by atomic mass is 35.5. The highest BCUT2D eigenvalue weighted by Crippen LogP contribution is 2.35. The van der Waals surface area contributed by atoms with Gasteiger partial charge in [0.25, 0.3) is 5.89 Å². The van der Waals surface area contributed by atoms with E-state index in [2.05, 4.69) is 14.7 Å². The topological polar surface area (TPSA) is 64.9 Å². The van der Waals surface area contributed by atoms with Gasteiger partial charge in [-0.1, -0.05) is 34.4 Å². The third-order valence-corrected chi connectivity index (χ3v) is 3.59. The fraction of sp³-hybridized carbons (Fsp3) is 0.333. The van der Waals surface area contributed by atoms with Crippen molar-refractivity contribution >= 4 is 23.2 Å². The van der Waals surface area contributed by atoms with E-state index in [0.717, 1.165) is 6.92 Å². The second-order valence-electron chi connectivity index (χ2n) is 4.64. The molecule has 1 aromatic carbocycles. The number of nitrogens with two attached hydrogens (primary N) is 1. The first-order valence-electron chi connectivity index (χ1n) is 5.74. The Balaban J connectivity index is 2.22. The number of halogens is 5. The van der Waals surface area contributed by atoms with Crippen LogP contribution in [0.15, 0.2) is 22.7 Å².